The van der Waals surface area contributed by atoms with E-state index in [9.17, 15) is 4.79 Å². The lowest BCUT2D eigenvalue weighted by molar-refractivity contribution is 0.0657. The average molecular weight is 536 g/mol. The van der Waals surface area contributed by atoms with Crippen molar-refractivity contribution in [2.24, 2.45) is 4.99 Å². The van der Waals surface area contributed by atoms with Crippen LogP contribution in [0.2, 0.25) is 0 Å². The number of rotatable bonds is 6. The highest BCUT2D eigenvalue weighted by Gasteiger charge is 2.25. The fourth-order valence-electron chi connectivity index (χ4n) is 3.66. The lowest BCUT2D eigenvalue weighted by Crippen LogP contribution is -2.53. The van der Waals surface area contributed by atoms with E-state index in [4.69, 9.17) is 9.41 Å². The Morgan fingerprint density at radius 3 is 2.65 bits per heavy atom. The molecular formula is C22H29IN6O2. The van der Waals surface area contributed by atoms with Crippen molar-refractivity contribution in [3.05, 3.63) is 54.2 Å². The van der Waals surface area contributed by atoms with Crippen LogP contribution in [0.4, 0.5) is 0 Å². The van der Waals surface area contributed by atoms with Gasteiger partial charge in [-0.25, -0.2) is 4.98 Å². The molecule has 1 fully saturated rings. The molecule has 0 saturated carbocycles. The zero-order valence-electron chi connectivity index (χ0n) is 17.7. The first kappa shape index (κ1) is 23.1. The van der Waals surface area contributed by atoms with Crippen LogP contribution in [0, 0.1) is 0 Å². The number of aromatic amines is 1. The summed E-state index contributed by atoms with van der Waals surface area (Å²) in [6, 6.07) is 11.5. The molecule has 1 aromatic carbocycles. The number of carbonyl (C=O) groups is 1. The lowest BCUT2D eigenvalue weighted by Gasteiger charge is -2.36. The van der Waals surface area contributed by atoms with Crippen LogP contribution in [0.5, 0.6) is 0 Å². The van der Waals surface area contributed by atoms with Gasteiger partial charge in [0.25, 0.3) is 5.91 Å². The number of para-hydroxylation sites is 2. The van der Waals surface area contributed by atoms with E-state index < -0.39 is 0 Å². The van der Waals surface area contributed by atoms with Gasteiger partial charge < -0.3 is 24.5 Å². The van der Waals surface area contributed by atoms with Gasteiger partial charge in [0.05, 0.1) is 17.3 Å². The number of aryl methyl sites for hydroxylation is 1. The van der Waals surface area contributed by atoms with Gasteiger partial charge in [0.1, 0.15) is 5.82 Å². The van der Waals surface area contributed by atoms with Gasteiger partial charge in [0.2, 0.25) is 0 Å². The number of hydrogen-bond donors (Lipinski definition) is 2. The smallest absolute Gasteiger partial charge is 0.289 e. The van der Waals surface area contributed by atoms with E-state index in [1.165, 1.54) is 6.26 Å². The molecule has 0 unspecified atom stereocenters. The van der Waals surface area contributed by atoms with Gasteiger partial charge in [-0.05, 0) is 37.6 Å². The molecule has 2 N–H and O–H groups in total. The highest BCUT2D eigenvalue weighted by molar-refractivity contribution is 14.0. The van der Waals surface area contributed by atoms with E-state index in [1.54, 1.807) is 12.1 Å². The number of carbonyl (C=O) groups excluding carboxylic acids is 1. The summed E-state index contributed by atoms with van der Waals surface area (Å²) in [6.07, 6.45) is 3.32. The second kappa shape index (κ2) is 11.2. The second-order valence-corrected chi connectivity index (χ2v) is 7.30. The molecule has 1 aliphatic rings. The van der Waals surface area contributed by atoms with Crippen molar-refractivity contribution in [2.45, 2.75) is 19.8 Å². The molecule has 0 spiro atoms. The van der Waals surface area contributed by atoms with Crippen LogP contribution in [-0.2, 0) is 6.42 Å². The highest BCUT2D eigenvalue weighted by Crippen LogP contribution is 2.12. The van der Waals surface area contributed by atoms with Crippen LogP contribution in [0.3, 0.4) is 0 Å². The Balaban J connectivity index is 0.00000272. The molecule has 166 valence electrons. The lowest BCUT2D eigenvalue weighted by atomic mass is 10.3. The van der Waals surface area contributed by atoms with Crippen molar-refractivity contribution >= 4 is 46.9 Å². The second-order valence-electron chi connectivity index (χ2n) is 7.30. The van der Waals surface area contributed by atoms with Crippen LogP contribution in [0.15, 0.2) is 52.1 Å². The summed E-state index contributed by atoms with van der Waals surface area (Å²) in [5.74, 6) is 2.26. The van der Waals surface area contributed by atoms with E-state index in [0.29, 0.717) is 18.8 Å². The van der Waals surface area contributed by atoms with Crippen molar-refractivity contribution in [2.75, 3.05) is 39.3 Å². The van der Waals surface area contributed by atoms with Crippen molar-refractivity contribution in [1.82, 2.24) is 25.1 Å². The number of furan rings is 1. The molecule has 1 aliphatic heterocycles. The quantitative estimate of drug-likeness (QED) is 0.219. The van der Waals surface area contributed by atoms with Crippen molar-refractivity contribution in [1.29, 1.82) is 0 Å². The average Bonchev–Trinajstić information content (AvgIpc) is 3.45. The van der Waals surface area contributed by atoms with Gasteiger partial charge in [-0.1, -0.05) is 12.1 Å². The van der Waals surface area contributed by atoms with E-state index in [0.717, 1.165) is 61.8 Å². The molecule has 3 aromatic rings. The van der Waals surface area contributed by atoms with Gasteiger partial charge in [0.15, 0.2) is 11.7 Å². The number of benzene rings is 1. The Bertz CT molecular complexity index is 960. The Morgan fingerprint density at radius 2 is 1.94 bits per heavy atom. The standard InChI is InChI=1S/C22H28N6O2.HI/c1-2-23-22(24-11-5-10-20-25-17-7-3-4-8-18(17)26-20)28-14-12-27(13-15-28)21(29)19-9-6-16-30-19;/h3-4,6-9,16H,2,5,10-15H2,1H3,(H,23,24)(H,25,26);1H. The van der Waals surface area contributed by atoms with E-state index >= 15 is 0 Å². The minimum Gasteiger partial charge on any atom is -0.459 e. The van der Waals surface area contributed by atoms with Gasteiger partial charge >= 0.3 is 0 Å². The normalized spacial score (nSPS) is 14.5. The Labute approximate surface area is 199 Å². The number of halogens is 1. The van der Waals surface area contributed by atoms with Crippen LogP contribution in [0.1, 0.15) is 29.7 Å². The maximum atomic E-state index is 12.4. The maximum Gasteiger partial charge on any atom is 0.289 e. The van der Waals surface area contributed by atoms with E-state index in [-0.39, 0.29) is 29.9 Å². The van der Waals surface area contributed by atoms with E-state index in [2.05, 4.69) is 27.1 Å². The van der Waals surface area contributed by atoms with Crippen LogP contribution in [-0.4, -0.2) is 70.9 Å². The van der Waals surface area contributed by atoms with Crippen LogP contribution >= 0.6 is 24.0 Å². The summed E-state index contributed by atoms with van der Waals surface area (Å²) in [5, 5.41) is 3.37. The molecule has 31 heavy (non-hydrogen) atoms. The number of aliphatic imine (C=N–C) groups is 1. The van der Waals surface area contributed by atoms with Crippen LogP contribution < -0.4 is 5.32 Å². The highest BCUT2D eigenvalue weighted by atomic mass is 127. The molecule has 4 rings (SSSR count). The zero-order chi connectivity index (χ0) is 20.8. The molecule has 0 bridgehead atoms. The minimum atomic E-state index is -0.0487. The van der Waals surface area contributed by atoms with Crippen molar-refractivity contribution in [3.8, 4) is 0 Å². The topological polar surface area (TPSA) is 89.8 Å². The zero-order valence-corrected chi connectivity index (χ0v) is 20.0. The molecule has 0 atom stereocenters. The molecule has 0 aliphatic carbocycles. The number of nitrogens with one attached hydrogen (secondary N) is 2. The maximum absolute atomic E-state index is 12.4. The molecular weight excluding hydrogens is 507 g/mol. The summed E-state index contributed by atoms with van der Waals surface area (Å²) in [6.45, 7) is 6.43. The van der Waals surface area contributed by atoms with Gasteiger partial charge in [-0.3, -0.25) is 9.79 Å². The molecule has 8 nitrogen and oxygen atoms in total. The fraction of sp³-hybridized carbons (Fsp3) is 0.409. The number of guanidine groups is 1. The molecule has 9 heteroatoms. The summed E-state index contributed by atoms with van der Waals surface area (Å²) >= 11 is 0. The Hall–Kier alpha value is -2.56. The largest absolute Gasteiger partial charge is 0.459 e. The predicted molar refractivity (Wildman–Crippen MR) is 132 cm³/mol. The molecule has 1 amide bonds. The van der Waals surface area contributed by atoms with Crippen molar-refractivity contribution < 1.29 is 9.21 Å². The SMILES string of the molecule is CCNC(=NCCCc1nc2ccccc2[nH]1)N1CCN(C(=O)c2ccco2)CC1.I. The summed E-state index contributed by atoms with van der Waals surface area (Å²) in [5.41, 5.74) is 2.08. The molecule has 1 saturated heterocycles. The number of fused-ring (bicyclic) bond motifs is 1. The fourth-order valence-corrected chi connectivity index (χ4v) is 3.66. The molecule has 3 heterocycles. The number of aromatic nitrogens is 2. The first-order chi connectivity index (χ1) is 14.7. The molecule has 2 aromatic heterocycles. The summed E-state index contributed by atoms with van der Waals surface area (Å²) in [7, 11) is 0. The Kier molecular flexibility index (Phi) is 8.33. The van der Waals surface area contributed by atoms with Crippen molar-refractivity contribution in [3.63, 3.8) is 0 Å². The predicted octanol–water partition coefficient (Wildman–Crippen LogP) is 3.13. The number of piperazine rings is 1. The number of amides is 1. The third-order valence-electron chi connectivity index (χ3n) is 5.20. The minimum absolute atomic E-state index is 0. The third kappa shape index (κ3) is 5.78. The first-order valence-electron chi connectivity index (χ1n) is 10.5. The number of nitrogens with zero attached hydrogens (tertiary/aromatic N) is 4. The van der Waals surface area contributed by atoms with Gasteiger partial charge in [0, 0.05) is 45.7 Å². The van der Waals surface area contributed by atoms with E-state index in [1.807, 2.05) is 29.2 Å². The number of H-pyrrole nitrogens is 1. The molecule has 0 radical (unpaired) electrons. The monoisotopic (exact) mass is 536 g/mol. The Morgan fingerprint density at radius 1 is 1.16 bits per heavy atom. The summed E-state index contributed by atoms with van der Waals surface area (Å²) < 4.78 is 5.23. The number of hydrogen-bond acceptors (Lipinski definition) is 4. The van der Waals surface area contributed by atoms with Gasteiger partial charge in [-0.2, -0.15) is 0 Å². The third-order valence-corrected chi connectivity index (χ3v) is 5.20. The summed E-state index contributed by atoms with van der Waals surface area (Å²) in [4.78, 5) is 29.3. The van der Waals surface area contributed by atoms with Gasteiger partial charge in [-0.15, -0.1) is 24.0 Å². The van der Waals surface area contributed by atoms with Crippen LogP contribution in [0.25, 0.3) is 11.0 Å². The first-order valence-corrected chi connectivity index (χ1v) is 10.5. The number of imidazole rings is 1.